The molecule has 1 saturated heterocycles. The van der Waals surface area contributed by atoms with E-state index in [1.807, 2.05) is 6.07 Å². The Morgan fingerprint density at radius 2 is 2.38 bits per heavy atom. The van der Waals surface area contributed by atoms with Crippen LogP contribution in [0.1, 0.15) is 25.0 Å². The molecule has 0 aliphatic carbocycles. The standard InChI is InChI=1S/C11H17ClN4/c12-11-14-5-4-9(15-11)8-16-6-2-1-3-10(16)7-13/h4-5,10H,1-3,6-8,13H2/t10-/m1/s1. The summed E-state index contributed by atoms with van der Waals surface area (Å²) in [5, 5.41) is 0.318. The Morgan fingerprint density at radius 3 is 3.12 bits per heavy atom. The first-order valence-electron chi connectivity index (χ1n) is 5.71. The molecule has 2 rings (SSSR count). The molecule has 1 aromatic rings. The summed E-state index contributed by atoms with van der Waals surface area (Å²) in [6.45, 7) is 2.65. The van der Waals surface area contributed by atoms with Gasteiger partial charge in [0, 0.05) is 25.3 Å². The molecule has 0 aromatic carbocycles. The van der Waals surface area contributed by atoms with Crippen LogP contribution < -0.4 is 5.73 Å². The van der Waals surface area contributed by atoms with Crippen molar-refractivity contribution in [1.29, 1.82) is 0 Å². The van der Waals surface area contributed by atoms with Gasteiger partial charge in [0.25, 0.3) is 0 Å². The number of piperidine rings is 1. The fourth-order valence-corrected chi connectivity index (χ4v) is 2.37. The van der Waals surface area contributed by atoms with Gasteiger partial charge in [-0.05, 0) is 37.1 Å². The Balaban J connectivity index is 2.02. The average Bonchev–Trinajstić information content (AvgIpc) is 2.30. The molecule has 2 heterocycles. The van der Waals surface area contributed by atoms with E-state index in [1.54, 1.807) is 6.20 Å². The summed E-state index contributed by atoms with van der Waals surface area (Å²) in [6, 6.07) is 2.40. The summed E-state index contributed by atoms with van der Waals surface area (Å²) in [6.07, 6.45) is 5.42. The minimum Gasteiger partial charge on any atom is -0.329 e. The SMILES string of the molecule is NC[C@H]1CCCCN1Cc1ccnc(Cl)n1. The number of hydrogen-bond acceptors (Lipinski definition) is 4. The van der Waals surface area contributed by atoms with Gasteiger partial charge in [0.2, 0.25) is 5.28 Å². The van der Waals surface area contributed by atoms with Crippen LogP contribution in [0, 0.1) is 0 Å². The van der Waals surface area contributed by atoms with Crippen LogP contribution in [-0.2, 0) is 6.54 Å². The molecule has 0 saturated carbocycles. The molecule has 1 fully saturated rings. The second-order valence-electron chi connectivity index (χ2n) is 4.17. The molecule has 16 heavy (non-hydrogen) atoms. The Bertz CT molecular complexity index is 345. The van der Waals surface area contributed by atoms with Crippen LogP contribution >= 0.6 is 11.6 Å². The Hall–Kier alpha value is -0.710. The number of nitrogens with two attached hydrogens (primary N) is 1. The van der Waals surface area contributed by atoms with Crippen LogP contribution in [0.2, 0.25) is 5.28 Å². The molecule has 1 aliphatic rings. The highest BCUT2D eigenvalue weighted by Crippen LogP contribution is 2.18. The van der Waals surface area contributed by atoms with Gasteiger partial charge in [0.05, 0.1) is 5.69 Å². The van der Waals surface area contributed by atoms with Crippen LogP contribution in [0.15, 0.2) is 12.3 Å². The zero-order valence-corrected chi connectivity index (χ0v) is 10.0. The Labute approximate surface area is 101 Å². The van der Waals surface area contributed by atoms with E-state index in [9.17, 15) is 0 Å². The molecule has 0 bridgehead atoms. The number of hydrogen-bond donors (Lipinski definition) is 1. The van der Waals surface area contributed by atoms with E-state index in [2.05, 4.69) is 14.9 Å². The van der Waals surface area contributed by atoms with Crippen molar-refractivity contribution < 1.29 is 0 Å². The smallest absolute Gasteiger partial charge is 0.222 e. The molecular weight excluding hydrogens is 224 g/mol. The lowest BCUT2D eigenvalue weighted by molar-refractivity contribution is 0.143. The molecule has 5 heteroatoms. The summed E-state index contributed by atoms with van der Waals surface area (Å²) < 4.78 is 0. The summed E-state index contributed by atoms with van der Waals surface area (Å²) >= 11 is 5.77. The Morgan fingerprint density at radius 1 is 1.50 bits per heavy atom. The number of aromatic nitrogens is 2. The first kappa shape index (κ1) is 11.8. The van der Waals surface area contributed by atoms with Crippen LogP contribution in [-0.4, -0.2) is 34.0 Å². The van der Waals surface area contributed by atoms with Gasteiger partial charge in [-0.15, -0.1) is 0 Å². The lowest BCUT2D eigenvalue weighted by Gasteiger charge is -2.34. The van der Waals surface area contributed by atoms with Gasteiger partial charge in [-0.3, -0.25) is 4.90 Å². The zero-order chi connectivity index (χ0) is 11.4. The van der Waals surface area contributed by atoms with E-state index in [1.165, 1.54) is 19.3 Å². The van der Waals surface area contributed by atoms with Gasteiger partial charge in [-0.1, -0.05) is 6.42 Å². The fraction of sp³-hybridized carbons (Fsp3) is 0.636. The van der Waals surface area contributed by atoms with Crippen molar-refractivity contribution in [3.05, 3.63) is 23.2 Å². The molecule has 1 aromatic heterocycles. The predicted molar refractivity (Wildman–Crippen MR) is 64.1 cm³/mol. The summed E-state index contributed by atoms with van der Waals surface area (Å²) in [5.41, 5.74) is 6.75. The topological polar surface area (TPSA) is 55.0 Å². The van der Waals surface area contributed by atoms with E-state index in [0.29, 0.717) is 11.3 Å². The van der Waals surface area contributed by atoms with Crippen molar-refractivity contribution in [3.8, 4) is 0 Å². The third-order valence-corrected chi connectivity index (χ3v) is 3.25. The first-order valence-corrected chi connectivity index (χ1v) is 6.09. The zero-order valence-electron chi connectivity index (χ0n) is 9.27. The van der Waals surface area contributed by atoms with E-state index < -0.39 is 0 Å². The monoisotopic (exact) mass is 240 g/mol. The quantitative estimate of drug-likeness (QED) is 0.813. The maximum absolute atomic E-state index is 5.78. The van der Waals surface area contributed by atoms with Gasteiger partial charge in [-0.25, -0.2) is 9.97 Å². The number of likely N-dealkylation sites (tertiary alicyclic amines) is 1. The molecule has 0 radical (unpaired) electrons. The number of nitrogens with zero attached hydrogens (tertiary/aromatic N) is 3. The van der Waals surface area contributed by atoms with Gasteiger partial charge < -0.3 is 5.73 Å². The van der Waals surface area contributed by atoms with Crippen molar-refractivity contribution in [1.82, 2.24) is 14.9 Å². The van der Waals surface area contributed by atoms with Gasteiger partial charge in [-0.2, -0.15) is 0 Å². The van der Waals surface area contributed by atoms with Crippen molar-refractivity contribution in [3.63, 3.8) is 0 Å². The van der Waals surface area contributed by atoms with Crippen molar-refractivity contribution in [2.24, 2.45) is 5.73 Å². The van der Waals surface area contributed by atoms with Crippen molar-refractivity contribution >= 4 is 11.6 Å². The molecule has 0 unspecified atom stereocenters. The second-order valence-corrected chi connectivity index (χ2v) is 4.51. The van der Waals surface area contributed by atoms with Crippen molar-refractivity contribution in [2.75, 3.05) is 13.1 Å². The van der Waals surface area contributed by atoms with E-state index in [0.717, 1.165) is 25.3 Å². The first-order chi connectivity index (χ1) is 7.79. The van der Waals surface area contributed by atoms with Gasteiger partial charge in [0.15, 0.2) is 0 Å². The third-order valence-electron chi connectivity index (χ3n) is 3.07. The molecule has 2 N–H and O–H groups in total. The van der Waals surface area contributed by atoms with Gasteiger partial charge in [0.1, 0.15) is 0 Å². The maximum Gasteiger partial charge on any atom is 0.222 e. The summed E-state index contributed by atoms with van der Waals surface area (Å²) in [7, 11) is 0. The van der Waals surface area contributed by atoms with Crippen LogP contribution in [0.4, 0.5) is 0 Å². The minimum absolute atomic E-state index is 0.318. The largest absolute Gasteiger partial charge is 0.329 e. The highest BCUT2D eigenvalue weighted by Gasteiger charge is 2.21. The average molecular weight is 241 g/mol. The van der Waals surface area contributed by atoms with Crippen LogP contribution in [0.25, 0.3) is 0 Å². The lowest BCUT2D eigenvalue weighted by atomic mass is 10.0. The second kappa shape index (κ2) is 5.57. The van der Waals surface area contributed by atoms with Crippen molar-refractivity contribution in [2.45, 2.75) is 31.8 Å². The molecule has 88 valence electrons. The normalized spacial score (nSPS) is 22.2. The molecule has 4 nitrogen and oxygen atoms in total. The molecule has 0 spiro atoms. The highest BCUT2D eigenvalue weighted by atomic mass is 35.5. The minimum atomic E-state index is 0.318. The van der Waals surface area contributed by atoms with E-state index in [4.69, 9.17) is 17.3 Å². The van der Waals surface area contributed by atoms with Crippen LogP contribution in [0.5, 0.6) is 0 Å². The van der Waals surface area contributed by atoms with E-state index in [-0.39, 0.29) is 0 Å². The van der Waals surface area contributed by atoms with Gasteiger partial charge >= 0.3 is 0 Å². The number of rotatable bonds is 3. The Kier molecular flexibility index (Phi) is 4.09. The lowest BCUT2D eigenvalue weighted by Crippen LogP contribution is -2.43. The number of halogens is 1. The highest BCUT2D eigenvalue weighted by molar-refractivity contribution is 6.28. The summed E-state index contributed by atoms with van der Waals surface area (Å²) in [5.74, 6) is 0. The molecule has 0 amide bonds. The van der Waals surface area contributed by atoms with E-state index >= 15 is 0 Å². The molecular formula is C11H17ClN4. The third kappa shape index (κ3) is 2.90. The summed E-state index contributed by atoms with van der Waals surface area (Å²) in [4.78, 5) is 10.5. The maximum atomic E-state index is 5.78. The molecule has 1 atom stereocenters. The van der Waals surface area contributed by atoms with Crippen LogP contribution in [0.3, 0.4) is 0 Å². The predicted octanol–water partition coefficient (Wildman–Crippen LogP) is 1.44. The fourth-order valence-electron chi connectivity index (χ4n) is 2.20. The molecule has 1 aliphatic heterocycles.